The van der Waals surface area contributed by atoms with E-state index < -0.39 is 17.8 Å². The van der Waals surface area contributed by atoms with E-state index in [4.69, 9.17) is 0 Å². The Labute approximate surface area is 160 Å². The number of carbonyl (C=O) groups is 3. The van der Waals surface area contributed by atoms with Crippen molar-refractivity contribution in [3.8, 4) is 0 Å². The molecular weight excluding hydrogens is 362 g/mol. The van der Waals surface area contributed by atoms with Gasteiger partial charge in [-0.3, -0.25) is 4.79 Å². The first-order chi connectivity index (χ1) is 13.5. The second kappa shape index (κ2) is 8.17. The molecule has 8 heteroatoms. The van der Waals surface area contributed by atoms with E-state index in [9.17, 15) is 14.4 Å². The Bertz CT molecular complexity index is 1050. The summed E-state index contributed by atoms with van der Waals surface area (Å²) >= 11 is 0. The normalized spacial score (nSPS) is 10.8. The minimum absolute atomic E-state index is 0.117. The molecule has 0 unspecified atom stereocenters. The number of fused-ring (bicyclic) bond motifs is 1. The molecule has 0 atom stereocenters. The van der Waals surface area contributed by atoms with Gasteiger partial charge in [0.1, 0.15) is 5.65 Å². The fourth-order valence-electron chi connectivity index (χ4n) is 2.59. The van der Waals surface area contributed by atoms with E-state index in [1.165, 1.54) is 38.5 Å². The molecule has 0 aliphatic carbocycles. The lowest BCUT2D eigenvalue weighted by Gasteiger charge is -2.08. The second-order valence-corrected chi connectivity index (χ2v) is 5.72. The minimum atomic E-state index is -0.637. The maximum atomic E-state index is 12.3. The Kier molecular flexibility index (Phi) is 5.50. The van der Waals surface area contributed by atoms with Crippen LogP contribution in [0, 0.1) is 0 Å². The van der Waals surface area contributed by atoms with Crippen molar-refractivity contribution in [1.82, 2.24) is 9.38 Å². The van der Waals surface area contributed by atoms with Crippen LogP contribution < -0.4 is 5.32 Å². The molecule has 1 amide bonds. The number of methoxy groups -OCH3 is 2. The standard InChI is InChI=1S/C20H17N3O5/c1-27-19(25)13-9-14(20(26)28-2)11-15(10-13)22-18(24)7-6-16-12-21-17-5-3-4-8-23(16)17/h3-12H,1-2H3,(H,22,24)/b7-6+. The third-order valence-corrected chi connectivity index (χ3v) is 3.89. The van der Waals surface area contributed by atoms with Gasteiger partial charge >= 0.3 is 11.9 Å². The summed E-state index contributed by atoms with van der Waals surface area (Å²) in [7, 11) is 2.45. The maximum absolute atomic E-state index is 12.3. The fourth-order valence-corrected chi connectivity index (χ4v) is 2.59. The smallest absolute Gasteiger partial charge is 0.337 e. The van der Waals surface area contributed by atoms with Crippen LogP contribution in [0.2, 0.25) is 0 Å². The summed E-state index contributed by atoms with van der Waals surface area (Å²) < 4.78 is 11.2. The zero-order chi connectivity index (χ0) is 20.1. The van der Waals surface area contributed by atoms with Crippen LogP contribution in [-0.4, -0.2) is 41.5 Å². The van der Waals surface area contributed by atoms with Crippen LogP contribution in [0.5, 0.6) is 0 Å². The average molecular weight is 379 g/mol. The van der Waals surface area contributed by atoms with Gasteiger partial charge in [0.2, 0.25) is 5.91 Å². The van der Waals surface area contributed by atoms with Gasteiger partial charge in [0.15, 0.2) is 0 Å². The first-order valence-corrected chi connectivity index (χ1v) is 8.24. The van der Waals surface area contributed by atoms with E-state index in [1.807, 2.05) is 28.8 Å². The van der Waals surface area contributed by atoms with Gasteiger partial charge in [0, 0.05) is 18.0 Å². The number of anilines is 1. The summed E-state index contributed by atoms with van der Waals surface area (Å²) in [4.78, 5) is 40.1. The third kappa shape index (κ3) is 4.07. The molecule has 1 N–H and O–H groups in total. The number of hydrogen-bond acceptors (Lipinski definition) is 6. The molecule has 3 aromatic rings. The van der Waals surface area contributed by atoms with Gasteiger partial charge < -0.3 is 19.2 Å². The van der Waals surface area contributed by atoms with Crippen LogP contribution in [0.25, 0.3) is 11.7 Å². The summed E-state index contributed by atoms with van der Waals surface area (Å²) in [6, 6.07) is 9.75. The molecule has 0 saturated carbocycles. The monoisotopic (exact) mass is 379 g/mol. The molecule has 0 spiro atoms. The van der Waals surface area contributed by atoms with Gasteiger partial charge in [0.05, 0.1) is 37.2 Å². The summed E-state index contributed by atoms with van der Waals surface area (Å²) in [5.41, 5.74) is 1.98. The molecule has 0 aliphatic rings. The number of aromatic nitrogens is 2. The molecule has 142 valence electrons. The highest BCUT2D eigenvalue weighted by Crippen LogP contribution is 2.17. The zero-order valence-electron chi connectivity index (χ0n) is 15.2. The van der Waals surface area contributed by atoms with Crippen molar-refractivity contribution in [1.29, 1.82) is 0 Å². The Balaban J connectivity index is 1.82. The number of esters is 2. The highest BCUT2D eigenvalue weighted by molar-refractivity contribution is 6.04. The Morgan fingerprint density at radius 3 is 2.36 bits per heavy atom. The molecule has 0 bridgehead atoms. The van der Waals surface area contributed by atoms with Crippen LogP contribution in [0.3, 0.4) is 0 Å². The van der Waals surface area contributed by atoms with Crippen molar-refractivity contribution >= 4 is 35.3 Å². The Hall–Kier alpha value is -3.94. The first-order valence-electron chi connectivity index (χ1n) is 8.24. The highest BCUT2D eigenvalue weighted by Gasteiger charge is 2.14. The lowest BCUT2D eigenvalue weighted by atomic mass is 10.1. The van der Waals surface area contributed by atoms with Gasteiger partial charge in [0.25, 0.3) is 0 Å². The predicted octanol–water partition coefficient (Wildman–Crippen LogP) is 2.56. The minimum Gasteiger partial charge on any atom is -0.465 e. The predicted molar refractivity (Wildman–Crippen MR) is 102 cm³/mol. The topological polar surface area (TPSA) is 99.0 Å². The second-order valence-electron chi connectivity index (χ2n) is 5.72. The number of amides is 1. The number of pyridine rings is 1. The van der Waals surface area contributed by atoms with Crippen LogP contribution in [0.15, 0.2) is 54.9 Å². The number of imidazole rings is 1. The molecule has 28 heavy (non-hydrogen) atoms. The zero-order valence-corrected chi connectivity index (χ0v) is 15.2. The molecule has 0 fully saturated rings. The van der Waals surface area contributed by atoms with E-state index in [0.29, 0.717) is 0 Å². The fraction of sp³-hybridized carbons (Fsp3) is 0.100. The molecule has 0 saturated heterocycles. The van der Waals surface area contributed by atoms with Gasteiger partial charge in [-0.05, 0) is 36.4 Å². The highest BCUT2D eigenvalue weighted by atomic mass is 16.5. The van der Waals surface area contributed by atoms with Gasteiger partial charge in [-0.15, -0.1) is 0 Å². The van der Waals surface area contributed by atoms with Gasteiger partial charge in [-0.25, -0.2) is 14.6 Å². The van der Waals surface area contributed by atoms with E-state index in [1.54, 1.807) is 12.3 Å². The van der Waals surface area contributed by atoms with Gasteiger partial charge in [-0.2, -0.15) is 0 Å². The summed E-state index contributed by atoms with van der Waals surface area (Å²) in [6.45, 7) is 0. The number of ether oxygens (including phenoxy) is 2. The first kappa shape index (κ1) is 18.8. The number of benzene rings is 1. The lowest BCUT2D eigenvalue weighted by molar-refractivity contribution is -0.111. The molecule has 0 radical (unpaired) electrons. The van der Waals surface area contributed by atoms with Crippen molar-refractivity contribution in [2.75, 3.05) is 19.5 Å². The van der Waals surface area contributed by atoms with Crippen LogP contribution in [0.4, 0.5) is 5.69 Å². The lowest BCUT2D eigenvalue weighted by Crippen LogP contribution is -2.12. The largest absolute Gasteiger partial charge is 0.465 e. The van der Waals surface area contributed by atoms with E-state index in [2.05, 4.69) is 19.8 Å². The maximum Gasteiger partial charge on any atom is 0.337 e. The molecule has 2 aromatic heterocycles. The quantitative estimate of drug-likeness (QED) is 0.540. The van der Waals surface area contributed by atoms with E-state index >= 15 is 0 Å². The van der Waals surface area contributed by atoms with Crippen LogP contribution in [-0.2, 0) is 14.3 Å². The molecular formula is C20H17N3O5. The number of nitrogens with one attached hydrogen (secondary N) is 1. The molecule has 1 aromatic carbocycles. The molecule has 2 heterocycles. The number of nitrogens with zero attached hydrogens (tertiary/aromatic N) is 2. The SMILES string of the molecule is COC(=O)c1cc(NC(=O)/C=C/c2cnc3ccccn23)cc(C(=O)OC)c1. The summed E-state index contributed by atoms with van der Waals surface area (Å²) in [5.74, 6) is -1.71. The van der Waals surface area contributed by atoms with E-state index in [-0.39, 0.29) is 16.8 Å². The number of carbonyl (C=O) groups excluding carboxylic acids is 3. The number of hydrogen-bond donors (Lipinski definition) is 1. The van der Waals surface area contributed by atoms with Crippen molar-refractivity contribution in [3.05, 3.63) is 71.7 Å². The average Bonchev–Trinajstić information content (AvgIpc) is 3.14. The Morgan fingerprint density at radius 1 is 1.04 bits per heavy atom. The molecule has 8 nitrogen and oxygen atoms in total. The summed E-state index contributed by atoms with van der Waals surface area (Å²) in [6.07, 6.45) is 6.43. The number of rotatable bonds is 5. The van der Waals surface area contributed by atoms with E-state index in [0.717, 1.165) is 11.3 Å². The third-order valence-electron chi connectivity index (χ3n) is 3.89. The van der Waals surface area contributed by atoms with Crippen LogP contribution in [0.1, 0.15) is 26.4 Å². The van der Waals surface area contributed by atoms with Crippen molar-refractivity contribution < 1.29 is 23.9 Å². The van der Waals surface area contributed by atoms with Crippen LogP contribution >= 0.6 is 0 Å². The molecule has 3 rings (SSSR count). The Morgan fingerprint density at radius 2 is 1.71 bits per heavy atom. The molecule has 0 aliphatic heterocycles. The van der Waals surface area contributed by atoms with Crippen molar-refractivity contribution in [2.45, 2.75) is 0 Å². The van der Waals surface area contributed by atoms with Crippen molar-refractivity contribution in [2.24, 2.45) is 0 Å². The van der Waals surface area contributed by atoms with Gasteiger partial charge in [-0.1, -0.05) is 6.07 Å². The summed E-state index contributed by atoms with van der Waals surface area (Å²) in [5, 5.41) is 2.62. The van der Waals surface area contributed by atoms with Crippen molar-refractivity contribution in [3.63, 3.8) is 0 Å².